The lowest BCUT2D eigenvalue weighted by Gasteiger charge is -2.24. The van der Waals surface area contributed by atoms with Gasteiger partial charge in [0, 0.05) is 41.3 Å². The molecule has 15 nitrogen and oxygen atoms in total. The summed E-state index contributed by atoms with van der Waals surface area (Å²) >= 11 is 0. The minimum absolute atomic E-state index is 0.0917. The lowest BCUT2D eigenvalue weighted by atomic mass is 10.1. The SMILES string of the molecule is COc1ccc(C)cc1S(=O)(=O)n1ccc2c(C=O)cccc21.COc1ccc(C)cc1S(=O)(=O)n1ccc2c(CNC3CCNCC3)cccc21.O=C(O)C(F)(F)F.O=C(O)C(F)(F)F. The lowest BCUT2D eigenvalue weighted by Crippen LogP contribution is -2.39. The Hall–Kier alpha value is -6.43. The number of piperidine rings is 1. The Morgan fingerprint density at radius 2 is 1.14 bits per heavy atom. The molecule has 1 aliphatic rings. The normalized spacial score (nSPS) is 13.3. The van der Waals surface area contributed by atoms with E-state index in [1.54, 1.807) is 60.8 Å². The van der Waals surface area contributed by atoms with Crippen molar-refractivity contribution in [3.05, 3.63) is 120 Å². The summed E-state index contributed by atoms with van der Waals surface area (Å²) in [5, 5.41) is 22.8. The van der Waals surface area contributed by atoms with Crippen molar-refractivity contribution in [1.82, 2.24) is 18.6 Å². The molecule has 4 N–H and O–H groups in total. The second-order valence-corrected chi connectivity index (χ2v) is 17.9. The van der Waals surface area contributed by atoms with Gasteiger partial charge in [0.05, 0.1) is 25.3 Å². The van der Waals surface area contributed by atoms with Crippen LogP contribution in [0, 0.1) is 13.8 Å². The summed E-state index contributed by atoms with van der Waals surface area (Å²) in [5.74, 6) is -4.88. The summed E-state index contributed by atoms with van der Waals surface area (Å²) in [4.78, 5) is 29.2. The predicted octanol–water partition coefficient (Wildman–Crippen LogP) is 7.31. The van der Waals surface area contributed by atoms with E-state index in [0.717, 1.165) is 54.6 Å². The highest BCUT2D eigenvalue weighted by Gasteiger charge is 2.39. The van der Waals surface area contributed by atoms with Crippen molar-refractivity contribution in [1.29, 1.82) is 0 Å². The Labute approximate surface area is 374 Å². The number of nitrogens with one attached hydrogen (secondary N) is 2. The number of hydrogen-bond donors (Lipinski definition) is 4. The predicted molar refractivity (Wildman–Crippen MR) is 230 cm³/mol. The van der Waals surface area contributed by atoms with E-state index in [9.17, 15) is 48.0 Å². The minimum atomic E-state index is -5.08. The monoisotopic (exact) mass is 970 g/mol. The molecule has 1 aliphatic heterocycles. The van der Waals surface area contributed by atoms with E-state index in [4.69, 9.17) is 29.3 Å². The number of benzene rings is 4. The van der Waals surface area contributed by atoms with E-state index in [1.807, 2.05) is 38.1 Å². The molecule has 0 aliphatic carbocycles. The van der Waals surface area contributed by atoms with Gasteiger partial charge >= 0.3 is 24.3 Å². The molecule has 23 heteroatoms. The number of methoxy groups -OCH3 is 2. The van der Waals surface area contributed by atoms with Crippen LogP contribution in [0.5, 0.6) is 11.5 Å². The van der Waals surface area contributed by atoms with Crippen LogP contribution in [0.15, 0.2) is 107 Å². The van der Waals surface area contributed by atoms with E-state index in [0.29, 0.717) is 40.1 Å². The Bertz CT molecular complexity index is 2880. The molecular weight excluding hydrogens is 927 g/mol. The van der Waals surface area contributed by atoms with Crippen molar-refractivity contribution < 1.29 is 77.2 Å². The maximum absolute atomic E-state index is 13.4. The first-order valence-corrected chi connectivity index (χ1v) is 22.2. The number of rotatable bonds is 10. The van der Waals surface area contributed by atoms with Gasteiger partial charge in [0.1, 0.15) is 21.3 Å². The standard InChI is InChI=1S/C22H27N3O3S.C17H15NO4S.2C2HF3O2/c1-16-6-7-21(28-2)22(14-16)29(26,27)25-13-10-19-17(4-3-5-20(19)25)15-24-18-8-11-23-12-9-18;1-12-6-7-16(22-2)17(10-12)23(20,21)18-9-8-14-13(11-19)4-3-5-15(14)18;2*3-2(4,5)1(6)7/h3-7,10,13-14,18,23-24H,8-9,11-12,15H2,1-2H3;3-11H,1-2H3;2*(H,6,7). The first-order chi connectivity index (χ1) is 30.9. The smallest absolute Gasteiger partial charge is 0.490 e. The molecule has 356 valence electrons. The van der Waals surface area contributed by atoms with Crippen LogP contribution < -0.4 is 20.1 Å². The van der Waals surface area contributed by atoms with Gasteiger partial charge in [-0.2, -0.15) is 26.3 Å². The van der Waals surface area contributed by atoms with Gasteiger partial charge in [-0.1, -0.05) is 36.4 Å². The van der Waals surface area contributed by atoms with Gasteiger partial charge in [-0.25, -0.2) is 34.4 Å². The largest absolute Gasteiger partial charge is 0.495 e. The zero-order valence-corrected chi connectivity index (χ0v) is 37.1. The number of hydrogen-bond acceptors (Lipinski definition) is 11. The van der Waals surface area contributed by atoms with Crippen LogP contribution in [-0.2, 0) is 36.2 Å². The number of aromatic nitrogens is 2. The molecule has 1 fully saturated rings. The third-order valence-corrected chi connectivity index (χ3v) is 13.2. The van der Waals surface area contributed by atoms with Gasteiger partial charge in [0.25, 0.3) is 20.0 Å². The van der Waals surface area contributed by atoms with Crippen LogP contribution >= 0.6 is 0 Å². The summed E-state index contributed by atoms with van der Waals surface area (Å²) in [7, 11) is -4.69. The van der Waals surface area contributed by atoms with Crippen molar-refractivity contribution >= 4 is 60.1 Å². The number of ether oxygens (including phenoxy) is 2. The van der Waals surface area contributed by atoms with Crippen LogP contribution in [-0.4, -0.2) is 98.9 Å². The quantitative estimate of drug-likeness (QED) is 0.0785. The Balaban J connectivity index is 0.000000228. The molecule has 0 saturated carbocycles. The Morgan fingerprint density at radius 3 is 1.56 bits per heavy atom. The van der Waals surface area contributed by atoms with E-state index in [2.05, 4.69) is 16.7 Å². The number of halogens is 6. The van der Waals surface area contributed by atoms with Gasteiger partial charge in [-0.05, 0) is 105 Å². The third-order valence-electron chi connectivity index (χ3n) is 9.76. The summed E-state index contributed by atoms with van der Waals surface area (Å²) in [5.41, 5.74) is 4.37. The van der Waals surface area contributed by atoms with Crippen LogP contribution in [0.3, 0.4) is 0 Å². The molecule has 0 bridgehead atoms. The summed E-state index contributed by atoms with van der Waals surface area (Å²) in [6.07, 6.45) is -4.14. The molecule has 6 aromatic rings. The van der Waals surface area contributed by atoms with Crippen LogP contribution in [0.1, 0.15) is 39.9 Å². The first-order valence-electron chi connectivity index (χ1n) is 19.4. The topological polar surface area (TPSA) is 212 Å². The van der Waals surface area contributed by atoms with Crippen molar-refractivity contribution in [3.8, 4) is 11.5 Å². The Kier molecular flexibility index (Phi) is 17.2. The minimum Gasteiger partial charge on any atom is -0.495 e. The number of nitrogens with zero attached hydrogens (tertiary/aromatic N) is 2. The maximum Gasteiger partial charge on any atom is 0.490 e. The van der Waals surface area contributed by atoms with Crippen LogP contribution in [0.25, 0.3) is 21.8 Å². The number of alkyl halides is 6. The number of carbonyl (C=O) groups is 3. The number of aryl methyl sites for hydroxylation is 2. The molecule has 0 unspecified atom stereocenters. The molecule has 4 aromatic carbocycles. The number of carbonyl (C=O) groups excluding carboxylic acids is 1. The van der Waals surface area contributed by atoms with E-state index in [-0.39, 0.29) is 15.5 Å². The number of carboxylic acids is 2. The number of carboxylic acid groups (broad SMARTS) is 2. The van der Waals surface area contributed by atoms with Gasteiger partial charge in [0.15, 0.2) is 6.29 Å². The van der Waals surface area contributed by atoms with Crippen molar-refractivity contribution in [2.75, 3.05) is 27.3 Å². The molecule has 0 atom stereocenters. The number of aldehydes is 1. The fourth-order valence-corrected chi connectivity index (χ4v) is 9.70. The van der Waals surface area contributed by atoms with E-state index < -0.39 is 44.3 Å². The second kappa shape index (κ2) is 21.7. The fraction of sp³-hybridized carbons (Fsp3) is 0.279. The molecular formula is C43H44F6N4O11S2. The summed E-state index contributed by atoms with van der Waals surface area (Å²) in [6, 6.07) is 25.0. The average molecular weight is 971 g/mol. The van der Waals surface area contributed by atoms with Gasteiger partial charge in [-0.15, -0.1) is 0 Å². The number of aliphatic carboxylic acids is 2. The molecule has 0 amide bonds. The summed E-state index contributed by atoms with van der Waals surface area (Å²) in [6.45, 7) is 6.48. The zero-order chi connectivity index (χ0) is 49.2. The van der Waals surface area contributed by atoms with E-state index in [1.165, 1.54) is 28.4 Å². The molecule has 2 aromatic heterocycles. The first kappa shape index (κ1) is 52.2. The third kappa shape index (κ3) is 12.7. The van der Waals surface area contributed by atoms with Crippen molar-refractivity contribution in [3.63, 3.8) is 0 Å². The Morgan fingerprint density at radius 1 is 0.712 bits per heavy atom. The van der Waals surface area contributed by atoms with E-state index >= 15 is 0 Å². The lowest BCUT2D eigenvalue weighted by molar-refractivity contribution is -0.193. The summed E-state index contributed by atoms with van der Waals surface area (Å²) < 4.78 is 129. The second-order valence-electron chi connectivity index (χ2n) is 14.3. The molecule has 1 saturated heterocycles. The van der Waals surface area contributed by atoms with Crippen molar-refractivity contribution in [2.45, 2.75) is 61.4 Å². The molecule has 7 rings (SSSR count). The molecule has 3 heterocycles. The van der Waals surface area contributed by atoms with Gasteiger partial charge < -0.3 is 30.3 Å². The number of fused-ring (bicyclic) bond motifs is 2. The zero-order valence-electron chi connectivity index (χ0n) is 35.5. The average Bonchev–Trinajstić information content (AvgIpc) is 3.93. The fourth-order valence-electron chi connectivity index (χ4n) is 6.51. The molecule has 0 radical (unpaired) electrons. The highest BCUT2D eigenvalue weighted by Crippen LogP contribution is 2.32. The van der Waals surface area contributed by atoms with Crippen LogP contribution in [0.2, 0.25) is 0 Å². The van der Waals surface area contributed by atoms with Gasteiger partial charge in [-0.3, -0.25) is 4.79 Å². The molecule has 66 heavy (non-hydrogen) atoms. The van der Waals surface area contributed by atoms with Crippen molar-refractivity contribution in [2.24, 2.45) is 0 Å². The van der Waals surface area contributed by atoms with Crippen LogP contribution in [0.4, 0.5) is 26.3 Å². The maximum atomic E-state index is 13.4. The van der Waals surface area contributed by atoms with Gasteiger partial charge in [0.2, 0.25) is 0 Å². The highest BCUT2D eigenvalue weighted by molar-refractivity contribution is 7.90. The highest BCUT2D eigenvalue weighted by atomic mass is 32.2. The molecule has 0 spiro atoms.